The summed E-state index contributed by atoms with van der Waals surface area (Å²) in [4.78, 5) is 0. The molecule has 1 aliphatic rings. The molecule has 0 saturated carbocycles. The van der Waals surface area contributed by atoms with Crippen LogP contribution in [-0.2, 0) is 13.9 Å². The molecular weight excluding hydrogens is 208 g/mol. The number of unbranched alkanes of at least 4 members (excludes halogenated alkanes) is 1. The van der Waals surface area contributed by atoms with Crippen molar-refractivity contribution in [3.8, 4) is 0 Å². The molecule has 0 amide bonds. The SMILES string of the molecule is CCOCCCCO[SiH2]C1CCCCO1. The van der Waals surface area contributed by atoms with Crippen molar-refractivity contribution in [2.75, 3.05) is 26.4 Å². The van der Waals surface area contributed by atoms with Gasteiger partial charge >= 0.3 is 0 Å². The first kappa shape index (κ1) is 13.2. The van der Waals surface area contributed by atoms with Crippen LogP contribution in [-0.4, -0.2) is 41.9 Å². The fourth-order valence-corrected chi connectivity index (χ4v) is 3.06. The summed E-state index contributed by atoms with van der Waals surface area (Å²) in [6, 6.07) is 0. The standard InChI is InChI=1S/C11H24O3Si/c1-2-12-8-5-6-10-14-15-11-7-3-4-9-13-11/h11H,2-10,15H2,1H3. The van der Waals surface area contributed by atoms with Crippen LogP contribution in [0.5, 0.6) is 0 Å². The lowest BCUT2D eigenvalue weighted by atomic mass is 10.2. The fourth-order valence-electron chi connectivity index (χ4n) is 1.71. The molecule has 90 valence electrons. The Bertz CT molecular complexity index is 138. The molecule has 15 heavy (non-hydrogen) atoms. The Balaban J connectivity index is 1.79. The summed E-state index contributed by atoms with van der Waals surface area (Å²) in [5.41, 5.74) is 0.491. The highest BCUT2D eigenvalue weighted by Crippen LogP contribution is 2.11. The van der Waals surface area contributed by atoms with Crippen LogP contribution in [0.3, 0.4) is 0 Å². The van der Waals surface area contributed by atoms with Crippen LogP contribution in [0.2, 0.25) is 0 Å². The normalized spacial score (nSPS) is 22.6. The summed E-state index contributed by atoms with van der Waals surface area (Å²) in [7, 11) is -0.437. The van der Waals surface area contributed by atoms with Crippen molar-refractivity contribution >= 4 is 9.76 Å². The summed E-state index contributed by atoms with van der Waals surface area (Å²) in [5.74, 6) is 0. The topological polar surface area (TPSA) is 27.7 Å². The van der Waals surface area contributed by atoms with E-state index in [4.69, 9.17) is 13.9 Å². The quantitative estimate of drug-likeness (QED) is 0.468. The molecule has 0 bridgehead atoms. The minimum Gasteiger partial charge on any atom is -0.421 e. The van der Waals surface area contributed by atoms with Gasteiger partial charge in [0.05, 0.1) is 5.73 Å². The average Bonchev–Trinajstić information content (AvgIpc) is 2.29. The smallest absolute Gasteiger partial charge is 0.190 e. The Morgan fingerprint density at radius 3 is 2.87 bits per heavy atom. The predicted octanol–water partition coefficient (Wildman–Crippen LogP) is 1.43. The molecule has 1 unspecified atom stereocenters. The summed E-state index contributed by atoms with van der Waals surface area (Å²) < 4.78 is 16.6. The monoisotopic (exact) mass is 232 g/mol. The number of ether oxygens (including phenoxy) is 2. The van der Waals surface area contributed by atoms with Crippen molar-refractivity contribution in [2.45, 2.75) is 44.8 Å². The molecule has 1 fully saturated rings. The fraction of sp³-hybridized carbons (Fsp3) is 1.00. The number of hydrogen-bond acceptors (Lipinski definition) is 3. The van der Waals surface area contributed by atoms with Crippen molar-refractivity contribution in [3.63, 3.8) is 0 Å². The highest BCUT2D eigenvalue weighted by atomic mass is 28.2. The third-order valence-electron chi connectivity index (χ3n) is 2.61. The molecule has 1 rings (SSSR count). The zero-order valence-electron chi connectivity index (χ0n) is 9.87. The molecule has 1 saturated heterocycles. The summed E-state index contributed by atoms with van der Waals surface area (Å²) >= 11 is 0. The lowest BCUT2D eigenvalue weighted by Crippen LogP contribution is -2.27. The molecule has 0 spiro atoms. The van der Waals surface area contributed by atoms with Gasteiger partial charge in [-0.15, -0.1) is 0 Å². The zero-order valence-corrected chi connectivity index (χ0v) is 11.3. The number of rotatable bonds is 8. The van der Waals surface area contributed by atoms with Gasteiger partial charge in [0.25, 0.3) is 0 Å². The summed E-state index contributed by atoms with van der Waals surface area (Å²) in [6.45, 7) is 5.58. The van der Waals surface area contributed by atoms with Crippen LogP contribution in [0.25, 0.3) is 0 Å². The van der Waals surface area contributed by atoms with E-state index in [-0.39, 0.29) is 0 Å². The maximum absolute atomic E-state index is 5.71. The van der Waals surface area contributed by atoms with Gasteiger partial charge in [-0.2, -0.15) is 0 Å². The van der Waals surface area contributed by atoms with E-state index in [0.29, 0.717) is 5.73 Å². The van der Waals surface area contributed by atoms with Gasteiger partial charge in [-0.1, -0.05) is 0 Å². The van der Waals surface area contributed by atoms with Crippen molar-refractivity contribution in [1.29, 1.82) is 0 Å². The van der Waals surface area contributed by atoms with Crippen LogP contribution in [0.1, 0.15) is 39.0 Å². The molecule has 0 radical (unpaired) electrons. The van der Waals surface area contributed by atoms with E-state index in [9.17, 15) is 0 Å². The highest BCUT2D eigenvalue weighted by Gasteiger charge is 2.14. The van der Waals surface area contributed by atoms with Gasteiger partial charge in [-0.25, -0.2) is 0 Å². The molecule has 4 heteroatoms. The molecule has 0 aliphatic carbocycles. The van der Waals surface area contributed by atoms with E-state index in [1.165, 1.54) is 19.3 Å². The van der Waals surface area contributed by atoms with Crippen LogP contribution in [0, 0.1) is 0 Å². The Morgan fingerprint density at radius 1 is 1.27 bits per heavy atom. The molecular formula is C11H24O3Si. The van der Waals surface area contributed by atoms with Gasteiger partial charge in [-0.05, 0) is 39.0 Å². The molecule has 0 N–H and O–H groups in total. The number of hydrogen-bond donors (Lipinski definition) is 0. The highest BCUT2D eigenvalue weighted by molar-refractivity contribution is 6.29. The second kappa shape index (κ2) is 9.33. The van der Waals surface area contributed by atoms with Gasteiger partial charge in [0.15, 0.2) is 9.76 Å². The molecule has 3 nitrogen and oxygen atoms in total. The van der Waals surface area contributed by atoms with E-state index in [0.717, 1.165) is 39.3 Å². The first-order chi connectivity index (χ1) is 7.43. The first-order valence-electron chi connectivity index (χ1n) is 6.20. The van der Waals surface area contributed by atoms with Crippen LogP contribution >= 0.6 is 0 Å². The Hall–Kier alpha value is 0.0969. The van der Waals surface area contributed by atoms with Crippen molar-refractivity contribution in [3.05, 3.63) is 0 Å². The summed E-state index contributed by atoms with van der Waals surface area (Å²) in [5, 5.41) is 0. The predicted molar refractivity (Wildman–Crippen MR) is 63.8 cm³/mol. The van der Waals surface area contributed by atoms with Crippen molar-refractivity contribution < 1.29 is 13.9 Å². The molecule has 1 heterocycles. The van der Waals surface area contributed by atoms with Gasteiger partial charge in [-0.3, -0.25) is 0 Å². The van der Waals surface area contributed by atoms with Gasteiger partial charge in [0.1, 0.15) is 0 Å². The molecule has 0 aromatic carbocycles. The van der Waals surface area contributed by atoms with Crippen LogP contribution in [0.4, 0.5) is 0 Å². The maximum Gasteiger partial charge on any atom is 0.190 e. The van der Waals surface area contributed by atoms with Gasteiger partial charge in [0, 0.05) is 26.4 Å². The zero-order chi connectivity index (χ0) is 10.8. The van der Waals surface area contributed by atoms with Gasteiger partial charge < -0.3 is 13.9 Å². The second-order valence-corrected chi connectivity index (χ2v) is 5.62. The van der Waals surface area contributed by atoms with E-state index in [2.05, 4.69) is 0 Å². The first-order valence-corrected chi connectivity index (χ1v) is 7.60. The second-order valence-electron chi connectivity index (χ2n) is 3.97. The minimum absolute atomic E-state index is 0.437. The van der Waals surface area contributed by atoms with E-state index < -0.39 is 9.76 Å². The molecule has 1 atom stereocenters. The molecule has 1 aliphatic heterocycles. The van der Waals surface area contributed by atoms with Crippen LogP contribution < -0.4 is 0 Å². The summed E-state index contributed by atoms with van der Waals surface area (Å²) in [6.07, 6.45) is 6.03. The van der Waals surface area contributed by atoms with Crippen LogP contribution in [0.15, 0.2) is 0 Å². The molecule has 0 aromatic heterocycles. The van der Waals surface area contributed by atoms with E-state index >= 15 is 0 Å². The Labute approximate surface area is 95.4 Å². The maximum atomic E-state index is 5.71. The largest absolute Gasteiger partial charge is 0.421 e. The van der Waals surface area contributed by atoms with E-state index in [1.807, 2.05) is 6.92 Å². The Kier molecular flexibility index (Phi) is 8.19. The minimum atomic E-state index is -0.437. The Morgan fingerprint density at radius 2 is 2.13 bits per heavy atom. The van der Waals surface area contributed by atoms with Crippen molar-refractivity contribution in [1.82, 2.24) is 0 Å². The third kappa shape index (κ3) is 7.06. The van der Waals surface area contributed by atoms with Gasteiger partial charge in [0.2, 0.25) is 0 Å². The lowest BCUT2D eigenvalue weighted by molar-refractivity contribution is 0.0546. The molecule has 0 aromatic rings. The lowest BCUT2D eigenvalue weighted by Gasteiger charge is -2.21. The van der Waals surface area contributed by atoms with Crippen molar-refractivity contribution in [2.24, 2.45) is 0 Å². The average molecular weight is 232 g/mol. The third-order valence-corrected chi connectivity index (χ3v) is 4.15. The van der Waals surface area contributed by atoms with E-state index in [1.54, 1.807) is 0 Å².